The normalized spacial score (nSPS) is 15.2. The SMILES string of the molecule is Cc1cc(F)cc2c1COCO2. The van der Waals surface area contributed by atoms with E-state index in [1.165, 1.54) is 12.1 Å². The average molecular weight is 168 g/mol. The summed E-state index contributed by atoms with van der Waals surface area (Å²) < 4.78 is 23.0. The van der Waals surface area contributed by atoms with Gasteiger partial charge in [-0.2, -0.15) is 0 Å². The number of hydrogen-bond acceptors (Lipinski definition) is 2. The number of halogens is 1. The number of rotatable bonds is 0. The lowest BCUT2D eigenvalue weighted by molar-refractivity contribution is -0.0169. The summed E-state index contributed by atoms with van der Waals surface area (Å²) in [5, 5.41) is 0. The first-order valence-corrected chi connectivity index (χ1v) is 3.77. The molecule has 2 nitrogen and oxygen atoms in total. The minimum absolute atomic E-state index is 0.218. The van der Waals surface area contributed by atoms with Crippen LogP contribution in [0.4, 0.5) is 4.39 Å². The second-order valence-electron chi connectivity index (χ2n) is 2.81. The van der Waals surface area contributed by atoms with Gasteiger partial charge in [-0.25, -0.2) is 4.39 Å². The first-order valence-electron chi connectivity index (χ1n) is 3.77. The topological polar surface area (TPSA) is 18.5 Å². The van der Waals surface area contributed by atoms with E-state index in [4.69, 9.17) is 9.47 Å². The zero-order chi connectivity index (χ0) is 8.55. The molecule has 0 fully saturated rings. The highest BCUT2D eigenvalue weighted by Crippen LogP contribution is 2.27. The van der Waals surface area contributed by atoms with Gasteiger partial charge < -0.3 is 9.47 Å². The van der Waals surface area contributed by atoms with E-state index in [0.717, 1.165) is 11.1 Å². The lowest BCUT2D eigenvalue weighted by atomic mass is 10.1. The van der Waals surface area contributed by atoms with Crippen LogP contribution in [-0.2, 0) is 11.3 Å². The molecule has 64 valence electrons. The highest BCUT2D eigenvalue weighted by Gasteiger charge is 2.13. The zero-order valence-corrected chi connectivity index (χ0v) is 6.76. The Morgan fingerprint density at radius 1 is 1.42 bits per heavy atom. The summed E-state index contributed by atoms with van der Waals surface area (Å²) >= 11 is 0. The van der Waals surface area contributed by atoms with E-state index >= 15 is 0 Å². The first-order chi connectivity index (χ1) is 5.77. The van der Waals surface area contributed by atoms with Gasteiger partial charge in [0.1, 0.15) is 11.6 Å². The molecule has 0 aliphatic carbocycles. The second-order valence-corrected chi connectivity index (χ2v) is 2.81. The van der Waals surface area contributed by atoms with Gasteiger partial charge in [0.05, 0.1) is 6.61 Å². The van der Waals surface area contributed by atoms with E-state index in [1.807, 2.05) is 6.92 Å². The maximum atomic E-state index is 12.8. The molecule has 0 atom stereocenters. The highest BCUT2D eigenvalue weighted by molar-refractivity contribution is 5.40. The number of benzene rings is 1. The van der Waals surface area contributed by atoms with Crippen LogP contribution in [0, 0.1) is 12.7 Å². The summed E-state index contributed by atoms with van der Waals surface area (Å²) in [5.74, 6) is 0.354. The fourth-order valence-electron chi connectivity index (χ4n) is 1.30. The summed E-state index contributed by atoms with van der Waals surface area (Å²) in [6, 6.07) is 2.88. The highest BCUT2D eigenvalue weighted by atomic mass is 19.1. The van der Waals surface area contributed by atoms with Gasteiger partial charge in [0.2, 0.25) is 0 Å². The fourth-order valence-corrected chi connectivity index (χ4v) is 1.30. The second kappa shape index (κ2) is 2.75. The van der Waals surface area contributed by atoms with Crippen LogP contribution in [0.2, 0.25) is 0 Å². The Morgan fingerprint density at radius 2 is 2.25 bits per heavy atom. The lowest BCUT2D eigenvalue weighted by Gasteiger charge is -2.19. The van der Waals surface area contributed by atoms with Crippen LogP contribution in [0.3, 0.4) is 0 Å². The Morgan fingerprint density at radius 3 is 3.08 bits per heavy atom. The van der Waals surface area contributed by atoms with Crippen molar-refractivity contribution in [2.75, 3.05) is 6.79 Å². The number of aryl methyl sites for hydroxylation is 1. The van der Waals surface area contributed by atoms with Crippen LogP contribution < -0.4 is 4.74 Å². The molecule has 1 aromatic carbocycles. The van der Waals surface area contributed by atoms with Crippen molar-refractivity contribution in [3.63, 3.8) is 0 Å². The van der Waals surface area contributed by atoms with Crippen LogP contribution in [0.1, 0.15) is 11.1 Å². The van der Waals surface area contributed by atoms with Crippen molar-refractivity contribution in [2.24, 2.45) is 0 Å². The summed E-state index contributed by atoms with van der Waals surface area (Å²) in [7, 11) is 0. The summed E-state index contributed by atoms with van der Waals surface area (Å²) in [4.78, 5) is 0. The van der Waals surface area contributed by atoms with Crippen molar-refractivity contribution < 1.29 is 13.9 Å². The number of hydrogen-bond donors (Lipinski definition) is 0. The molecule has 0 bridgehead atoms. The van der Waals surface area contributed by atoms with Crippen LogP contribution in [-0.4, -0.2) is 6.79 Å². The summed E-state index contributed by atoms with van der Waals surface area (Å²) in [6.07, 6.45) is 0. The monoisotopic (exact) mass is 168 g/mol. The van der Waals surface area contributed by atoms with E-state index < -0.39 is 0 Å². The predicted molar refractivity (Wildman–Crippen MR) is 41.4 cm³/mol. The Bertz CT molecular complexity index is 310. The van der Waals surface area contributed by atoms with Gasteiger partial charge in [0, 0.05) is 11.6 Å². The van der Waals surface area contributed by atoms with Crippen molar-refractivity contribution in [3.8, 4) is 5.75 Å². The Labute approximate surface area is 69.9 Å². The minimum Gasteiger partial charge on any atom is -0.467 e. The molecule has 1 aliphatic rings. The van der Waals surface area contributed by atoms with E-state index in [-0.39, 0.29) is 12.6 Å². The quantitative estimate of drug-likeness (QED) is 0.589. The average Bonchev–Trinajstić information content (AvgIpc) is 2.04. The third-order valence-corrected chi connectivity index (χ3v) is 1.94. The van der Waals surface area contributed by atoms with Crippen molar-refractivity contribution in [1.29, 1.82) is 0 Å². The van der Waals surface area contributed by atoms with E-state index in [9.17, 15) is 4.39 Å². The third kappa shape index (κ3) is 1.16. The fraction of sp³-hybridized carbons (Fsp3) is 0.333. The van der Waals surface area contributed by atoms with Crippen LogP contribution in [0.5, 0.6) is 5.75 Å². The molecule has 0 aromatic heterocycles. The van der Waals surface area contributed by atoms with Gasteiger partial charge in [-0.05, 0) is 18.6 Å². The van der Waals surface area contributed by atoms with Gasteiger partial charge in [-0.3, -0.25) is 0 Å². The Kier molecular flexibility index (Phi) is 1.73. The molecule has 1 heterocycles. The van der Waals surface area contributed by atoms with Gasteiger partial charge >= 0.3 is 0 Å². The smallest absolute Gasteiger partial charge is 0.189 e. The third-order valence-electron chi connectivity index (χ3n) is 1.94. The largest absolute Gasteiger partial charge is 0.467 e. The Balaban J connectivity index is 2.53. The molecule has 0 N–H and O–H groups in total. The van der Waals surface area contributed by atoms with Gasteiger partial charge in [0.25, 0.3) is 0 Å². The number of fused-ring (bicyclic) bond motifs is 1. The molecule has 0 saturated heterocycles. The van der Waals surface area contributed by atoms with Gasteiger partial charge in [-0.1, -0.05) is 0 Å². The molecule has 0 radical (unpaired) electrons. The zero-order valence-electron chi connectivity index (χ0n) is 6.76. The summed E-state index contributed by atoms with van der Waals surface area (Å²) in [6.45, 7) is 2.58. The molecular formula is C9H9FO2. The first kappa shape index (κ1) is 7.55. The van der Waals surface area contributed by atoms with Crippen LogP contribution in [0.25, 0.3) is 0 Å². The molecule has 0 unspecified atom stereocenters. The van der Waals surface area contributed by atoms with Crippen LogP contribution >= 0.6 is 0 Å². The molecule has 2 rings (SSSR count). The molecular weight excluding hydrogens is 159 g/mol. The number of ether oxygens (including phenoxy) is 2. The summed E-state index contributed by atoms with van der Waals surface area (Å²) in [5.41, 5.74) is 1.83. The van der Waals surface area contributed by atoms with E-state index in [1.54, 1.807) is 0 Å². The molecule has 1 aliphatic heterocycles. The molecule has 3 heteroatoms. The maximum absolute atomic E-state index is 12.8. The van der Waals surface area contributed by atoms with E-state index in [0.29, 0.717) is 12.4 Å². The minimum atomic E-state index is -0.256. The molecule has 0 saturated carbocycles. The maximum Gasteiger partial charge on any atom is 0.189 e. The van der Waals surface area contributed by atoms with Crippen molar-refractivity contribution >= 4 is 0 Å². The molecule has 0 spiro atoms. The molecule has 12 heavy (non-hydrogen) atoms. The van der Waals surface area contributed by atoms with Crippen molar-refractivity contribution in [2.45, 2.75) is 13.5 Å². The van der Waals surface area contributed by atoms with Crippen molar-refractivity contribution in [3.05, 3.63) is 29.1 Å². The standard InChI is InChI=1S/C9H9FO2/c1-6-2-7(10)3-9-8(6)4-11-5-12-9/h2-3H,4-5H2,1H3. The van der Waals surface area contributed by atoms with Crippen LogP contribution in [0.15, 0.2) is 12.1 Å². The van der Waals surface area contributed by atoms with Crippen molar-refractivity contribution in [1.82, 2.24) is 0 Å². The molecule has 0 amide bonds. The predicted octanol–water partition coefficient (Wildman–Crippen LogP) is 2.00. The lowest BCUT2D eigenvalue weighted by Crippen LogP contribution is -2.12. The van der Waals surface area contributed by atoms with E-state index in [2.05, 4.69) is 0 Å². The Hall–Kier alpha value is -1.09. The molecule has 1 aromatic rings. The van der Waals surface area contributed by atoms with Gasteiger partial charge in [0.15, 0.2) is 6.79 Å². The van der Waals surface area contributed by atoms with Gasteiger partial charge in [-0.15, -0.1) is 0 Å².